The molecule has 1 atom stereocenters. The molecular formula is C25H33N7O2S. The number of rotatable bonds is 6. The Morgan fingerprint density at radius 2 is 2.03 bits per heavy atom. The predicted molar refractivity (Wildman–Crippen MR) is 140 cm³/mol. The van der Waals surface area contributed by atoms with Crippen molar-refractivity contribution in [2.75, 3.05) is 44.2 Å². The van der Waals surface area contributed by atoms with Gasteiger partial charge in [0.1, 0.15) is 17.0 Å². The van der Waals surface area contributed by atoms with E-state index in [1.54, 1.807) is 6.33 Å². The molecular weight excluding hydrogens is 462 g/mol. The predicted octanol–water partition coefficient (Wildman–Crippen LogP) is 4.24. The molecule has 1 unspecified atom stereocenters. The number of hydroxylamine groups is 1. The summed E-state index contributed by atoms with van der Waals surface area (Å²) in [5, 5.41) is 10.7. The van der Waals surface area contributed by atoms with Crippen molar-refractivity contribution in [1.29, 1.82) is 0 Å². The number of anilines is 1. The molecule has 4 rings (SSSR count). The number of hydrogen-bond acceptors (Lipinski definition) is 9. The third-order valence-electron chi connectivity index (χ3n) is 5.39. The highest BCUT2D eigenvalue weighted by molar-refractivity contribution is 7.19. The highest BCUT2D eigenvalue weighted by Crippen LogP contribution is 2.30. The third kappa shape index (κ3) is 7.34. The van der Waals surface area contributed by atoms with Gasteiger partial charge in [-0.1, -0.05) is 44.1 Å². The quantitative estimate of drug-likeness (QED) is 0.440. The van der Waals surface area contributed by atoms with Crippen LogP contribution in [0.1, 0.15) is 38.5 Å². The molecule has 0 saturated carbocycles. The van der Waals surface area contributed by atoms with E-state index in [1.807, 2.05) is 56.0 Å². The molecule has 0 aliphatic carbocycles. The molecule has 1 fully saturated rings. The van der Waals surface area contributed by atoms with Crippen molar-refractivity contribution in [2.24, 2.45) is 10.3 Å². The fourth-order valence-corrected chi connectivity index (χ4v) is 4.44. The highest BCUT2D eigenvalue weighted by Gasteiger charge is 2.23. The Balaban J connectivity index is 0.00000167. The van der Waals surface area contributed by atoms with E-state index in [1.165, 1.54) is 16.5 Å². The maximum atomic E-state index is 12.7. The van der Waals surface area contributed by atoms with E-state index in [-0.39, 0.29) is 11.9 Å². The van der Waals surface area contributed by atoms with E-state index < -0.39 is 0 Å². The lowest BCUT2D eigenvalue weighted by Gasteiger charge is -2.35. The van der Waals surface area contributed by atoms with Crippen molar-refractivity contribution >= 4 is 33.3 Å². The maximum absolute atomic E-state index is 12.7. The maximum Gasteiger partial charge on any atom is 0.222 e. The zero-order valence-electron chi connectivity index (χ0n) is 20.6. The number of piperazine rings is 1. The number of nitrogens with zero attached hydrogens (tertiary/aromatic N) is 7. The summed E-state index contributed by atoms with van der Waals surface area (Å²) in [5.74, 6) is 3.70. The normalized spacial score (nSPS) is 19.7. The fourth-order valence-electron chi connectivity index (χ4n) is 3.63. The van der Waals surface area contributed by atoms with Crippen molar-refractivity contribution in [3.05, 3.63) is 41.6 Å². The van der Waals surface area contributed by atoms with Crippen molar-refractivity contribution in [3.8, 4) is 12.3 Å². The number of amides is 1. The van der Waals surface area contributed by atoms with Gasteiger partial charge in [-0.2, -0.15) is 10.3 Å². The summed E-state index contributed by atoms with van der Waals surface area (Å²) in [6.45, 7) is 9.65. The molecule has 0 radical (unpaired) electrons. The number of thiophene rings is 1. The van der Waals surface area contributed by atoms with Gasteiger partial charge in [-0.25, -0.2) is 9.97 Å². The van der Waals surface area contributed by atoms with Gasteiger partial charge in [-0.3, -0.25) is 9.63 Å². The second-order valence-corrected chi connectivity index (χ2v) is 8.80. The van der Waals surface area contributed by atoms with E-state index in [0.29, 0.717) is 39.1 Å². The van der Waals surface area contributed by atoms with Gasteiger partial charge in [0, 0.05) is 32.6 Å². The zero-order chi connectivity index (χ0) is 25.0. The lowest BCUT2D eigenvalue weighted by atomic mass is 10.2. The number of terminal acetylenes is 1. The molecule has 2 aliphatic rings. The van der Waals surface area contributed by atoms with E-state index in [4.69, 9.17) is 11.3 Å². The molecule has 4 heterocycles. The van der Waals surface area contributed by atoms with Crippen LogP contribution < -0.4 is 4.90 Å². The van der Waals surface area contributed by atoms with Crippen LogP contribution in [0.3, 0.4) is 0 Å². The van der Waals surface area contributed by atoms with Crippen LogP contribution >= 0.6 is 11.3 Å². The monoisotopic (exact) mass is 495 g/mol. The van der Waals surface area contributed by atoms with Crippen LogP contribution in [0.4, 0.5) is 5.82 Å². The molecule has 2 aromatic heterocycles. The van der Waals surface area contributed by atoms with Crippen LogP contribution in [0, 0.1) is 12.3 Å². The number of fused-ring (bicyclic) bond motifs is 1. The second kappa shape index (κ2) is 13.6. The minimum absolute atomic E-state index is 0.00310. The average Bonchev–Trinajstić information content (AvgIpc) is 3.36. The summed E-state index contributed by atoms with van der Waals surface area (Å²) in [7, 11) is 0. The summed E-state index contributed by atoms with van der Waals surface area (Å²) in [6.07, 6.45) is 16.0. The van der Waals surface area contributed by atoms with Crippen LogP contribution in [0.5, 0.6) is 0 Å². The van der Waals surface area contributed by atoms with Crippen LogP contribution in [0.15, 0.2) is 47.0 Å². The minimum Gasteiger partial charge on any atom is -0.352 e. The third-order valence-corrected chi connectivity index (χ3v) is 6.36. The van der Waals surface area contributed by atoms with Gasteiger partial charge in [0.15, 0.2) is 0 Å². The van der Waals surface area contributed by atoms with Gasteiger partial charge in [0.2, 0.25) is 5.91 Å². The molecule has 0 bridgehead atoms. The Kier molecular flexibility index (Phi) is 10.2. The summed E-state index contributed by atoms with van der Waals surface area (Å²) in [5.41, 5.74) is 0. The topological polar surface area (TPSA) is 86.5 Å². The van der Waals surface area contributed by atoms with Crippen molar-refractivity contribution < 1.29 is 9.63 Å². The van der Waals surface area contributed by atoms with Gasteiger partial charge < -0.3 is 9.80 Å². The summed E-state index contributed by atoms with van der Waals surface area (Å²) >= 11 is 1.49. The fraction of sp³-hybridized carbons (Fsp3) is 0.480. The molecule has 2 aliphatic heterocycles. The van der Waals surface area contributed by atoms with Gasteiger partial charge in [0.25, 0.3) is 0 Å². The standard InChI is InChI=1S/C23H27N7O2S.C2H6/c1-3-19-16-20-22(24-17-25-23(20)33-19)29-13-11-28(12-14-29)21(31)9-7-15-32-30-10-6-4-5-8-18(2)26-27-30;1-2/h1,4-6,8,16-18H,7,9-15H2,2H3;1-2H3/b6-4-,8-5-,27-26?;. The molecule has 1 amide bonds. The Morgan fingerprint density at radius 3 is 2.80 bits per heavy atom. The first kappa shape index (κ1) is 26.3. The van der Waals surface area contributed by atoms with Crippen molar-refractivity contribution in [1.82, 2.24) is 20.0 Å². The van der Waals surface area contributed by atoms with Crippen LogP contribution in [-0.2, 0) is 9.63 Å². The number of aromatic nitrogens is 2. The van der Waals surface area contributed by atoms with E-state index in [0.717, 1.165) is 34.0 Å². The Hall–Kier alpha value is -3.29. The molecule has 0 aromatic carbocycles. The summed E-state index contributed by atoms with van der Waals surface area (Å²) < 4.78 is 0. The zero-order valence-corrected chi connectivity index (χ0v) is 21.4. The molecule has 0 spiro atoms. The Morgan fingerprint density at radius 1 is 1.23 bits per heavy atom. The summed E-state index contributed by atoms with van der Waals surface area (Å²) in [4.78, 5) is 33.0. The first-order valence-electron chi connectivity index (χ1n) is 12.0. The molecule has 0 N–H and O–H groups in total. The largest absolute Gasteiger partial charge is 0.352 e. The number of carbonyl (C=O) groups excluding carboxylic acids is 1. The molecule has 10 heteroatoms. The highest BCUT2D eigenvalue weighted by atomic mass is 32.1. The van der Waals surface area contributed by atoms with Gasteiger partial charge in [-0.15, -0.1) is 17.8 Å². The lowest BCUT2D eigenvalue weighted by molar-refractivity contribution is -0.160. The van der Waals surface area contributed by atoms with Gasteiger partial charge in [-0.05, 0) is 24.6 Å². The molecule has 9 nitrogen and oxygen atoms in total. The Labute approximate surface area is 211 Å². The van der Waals surface area contributed by atoms with E-state index in [9.17, 15) is 4.79 Å². The molecule has 35 heavy (non-hydrogen) atoms. The van der Waals surface area contributed by atoms with Crippen LogP contribution in [-0.4, -0.2) is 71.3 Å². The van der Waals surface area contributed by atoms with Gasteiger partial charge in [0.05, 0.1) is 29.5 Å². The first-order valence-corrected chi connectivity index (χ1v) is 12.8. The average molecular weight is 496 g/mol. The van der Waals surface area contributed by atoms with Crippen molar-refractivity contribution in [3.63, 3.8) is 0 Å². The number of carbonyl (C=O) groups is 1. The second-order valence-electron chi connectivity index (χ2n) is 7.77. The molecule has 2 aromatic rings. The van der Waals surface area contributed by atoms with Crippen LogP contribution in [0.2, 0.25) is 0 Å². The SMILES string of the molecule is C#Cc1cc2c(N3CCN(C(=O)CCCON4C/C=C\C=C/C(C)N=N4)CC3)ncnc2s1.CC. The minimum atomic E-state index is -0.00310. The molecule has 1 saturated heterocycles. The lowest BCUT2D eigenvalue weighted by Crippen LogP contribution is -2.49. The van der Waals surface area contributed by atoms with Crippen molar-refractivity contribution in [2.45, 2.75) is 39.7 Å². The molecule has 186 valence electrons. The number of allylic oxidation sites excluding steroid dienone is 2. The van der Waals surface area contributed by atoms with Crippen LogP contribution in [0.25, 0.3) is 10.2 Å². The van der Waals surface area contributed by atoms with E-state index in [2.05, 4.69) is 31.1 Å². The van der Waals surface area contributed by atoms with E-state index >= 15 is 0 Å². The number of hydrogen-bond donors (Lipinski definition) is 0. The van der Waals surface area contributed by atoms with Gasteiger partial charge >= 0.3 is 0 Å². The first-order chi connectivity index (χ1) is 17.1. The summed E-state index contributed by atoms with van der Waals surface area (Å²) in [6, 6.07) is 1.96. The Bertz CT molecular complexity index is 1100. The smallest absolute Gasteiger partial charge is 0.222 e.